The molecular formula is C17H24O3Si. The summed E-state index contributed by atoms with van der Waals surface area (Å²) in [7, 11) is -0.462. The Bertz CT molecular complexity index is 510. The Labute approximate surface area is 127 Å². The number of rotatable bonds is 4. The van der Waals surface area contributed by atoms with Crippen molar-refractivity contribution in [3.8, 4) is 0 Å². The summed E-state index contributed by atoms with van der Waals surface area (Å²) in [5.41, 5.74) is 0.114. The third-order valence-electron chi connectivity index (χ3n) is 4.82. The average Bonchev–Trinajstić information content (AvgIpc) is 2.50. The molecule has 0 saturated heterocycles. The zero-order valence-corrected chi connectivity index (χ0v) is 14.1. The van der Waals surface area contributed by atoms with Gasteiger partial charge in [0.05, 0.1) is 21.6 Å². The van der Waals surface area contributed by atoms with E-state index >= 15 is 0 Å². The third-order valence-corrected chi connectivity index (χ3v) is 8.96. The van der Waals surface area contributed by atoms with Crippen molar-refractivity contribution in [3.05, 3.63) is 30.3 Å². The predicted octanol–water partition coefficient (Wildman–Crippen LogP) is 2.90. The molecule has 21 heavy (non-hydrogen) atoms. The van der Waals surface area contributed by atoms with E-state index in [1.165, 1.54) is 12.3 Å². The average molecular weight is 304 g/mol. The minimum absolute atomic E-state index is 0.114. The van der Waals surface area contributed by atoms with Crippen LogP contribution < -0.4 is 5.19 Å². The van der Waals surface area contributed by atoms with E-state index < -0.39 is 8.07 Å². The second kappa shape index (κ2) is 6.56. The number of methoxy groups -OCH3 is 1. The highest BCUT2D eigenvalue weighted by Gasteiger charge is 2.43. The van der Waals surface area contributed by atoms with E-state index in [2.05, 4.69) is 25.2 Å². The van der Waals surface area contributed by atoms with Crippen molar-refractivity contribution < 1.29 is 14.3 Å². The topological polar surface area (TPSA) is 43.4 Å². The molecule has 0 bridgehead atoms. The summed E-state index contributed by atoms with van der Waals surface area (Å²) in [4.78, 5) is 24.3. The van der Waals surface area contributed by atoms with Crippen LogP contribution in [0.4, 0.5) is 0 Å². The van der Waals surface area contributed by atoms with Gasteiger partial charge in [-0.05, 0) is 12.8 Å². The largest absolute Gasteiger partial charge is 0.469 e. The number of carbonyl (C=O) groups excluding carboxylic acids is 2. The molecule has 1 aliphatic rings. The van der Waals surface area contributed by atoms with Crippen molar-refractivity contribution in [3.63, 3.8) is 0 Å². The Morgan fingerprint density at radius 1 is 1.24 bits per heavy atom. The van der Waals surface area contributed by atoms with E-state index in [4.69, 9.17) is 4.74 Å². The quantitative estimate of drug-likeness (QED) is 0.634. The summed E-state index contributed by atoms with van der Waals surface area (Å²) in [6.07, 6.45) is 3.06. The van der Waals surface area contributed by atoms with Crippen LogP contribution in [0.25, 0.3) is 0 Å². The lowest BCUT2D eigenvalue weighted by Crippen LogP contribution is -2.51. The van der Waals surface area contributed by atoms with Gasteiger partial charge in [0.25, 0.3) is 0 Å². The predicted molar refractivity (Wildman–Crippen MR) is 86.3 cm³/mol. The number of esters is 1. The highest BCUT2D eigenvalue weighted by Crippen LogP contribution is 2.38. The second-order valence-electron chi connectivity index (χ2n) is 6.45. The molecule has 2 rings (SSSR count). The maximum absolute atomic E-state index is 12.8. The molecule has 0 heterocycles. The lowest BCUT2D eigenvalue weighted by atomic mass is 9.85. The van der Waals surface area contributed by atoms with Crippen LogP contribution in [0.1, 0.15) is 25.7 Å². The van der Waals surface area contributed by atoms with Gasteiger partial charge in [0, 0.05) is 11.5 Å². The number of ether oxygens (including phenoxy) is 1. The van der Waals surface area contributed by atoms with Crippen LogP contribution in [-0.2, 0) is 14.3 Å². The number of hydrogen-bond acceptors (Lipinski definition) is 3. The fourth-order valence-electron chi connectivity index (χ4n) is 3.41. The van der Waals surface area contributed by atoms with Crippen LogP contribution in [0, 0.1) is 5.92 Å². The van der Waals surface area contributed by atoms with Gasteiger partial charge in [-0.3, -0.25) is 9.59 Å². The van der Waals surface area contributed by atoms with Crippen molar-refractivity contribution >= 4 is 25.0 Å². The van der Waals surface area contributed by atoms with Crippen LogP contribution in [0.2, 0.25) is 18.6 Å². The molecule has 2 atom stereocenters. The Morgan fingerprint density at radius 2 is 1.90 bits per heavy atom. The molecule has 114 valence electrons. The molecule has 1 aliphatic carbocycles. The lowest BCUT2D eigenvalue weighted by molar-refractivity contribution is -0.144. The Balaban J connectivity index is 2.19. The van der Waals surface area contributed by atoms with Crippen LogP contribution in [0.5, 0.6) is 0 Å². The fourth-order valence-corrected chi connectivity index (χ4v) is 6.74. The van der Waals surface area contributed by atoms with Crippen LogP contribution >= 0.6 is 0 Å². The SMILES string of the molecule is COC(=O)C[C@H]1CCC[C@H]([Si](C)(C)c2ccccc2)C1=O. The highest BCUT2D eigenvalue weighted by atomic mass is 28.3. The molecule has 3 nitrogen and oxygen atoms in total. The maximum atomic E-state index is 12.8. The first kappa shape index (κ1) is 16.0. The van der Waals surface area contributed by atoms with Gasteiger partial charge in [-0.2, -0.15) is 0 Å². The zero-order chi connectivity index (χ0) is 15.5. The summed E-state index contributed by atoms with van der Waals surface area (Å²) in [5, 5.41) is 1.32. The Hall–Kier alpha value is -1.42. The van der Waals surface area contributed by atoms with E-state index in [1.54, 1.807) is 0 Å². The molecule has 1 fully saturated rings. The van der Waals surface area contributed by atoms with Gasteiger partial charge in [0.2, 0.25) is 0 Å². The first-order valence-corrected chi connectivity index (χ1v) is 10.7. The fraction of sp³-hybridized carbons (Fsp3) is 0.529. The Morgan fingerprint density at radius 3 is 2.52 bits per heavy atom. The van der Waals surface area contributed by atoms with E-state index in [0.29, 0.717) is 0 Å². The summed E-state index contributed by atoms with van der Waals surface area (Å²) >= 11 is 0. The molecular weight excluding hydrogens is 280 g/mol. The van der Waals surface area contributed by atoms with E-state index in [9.17, 15) is 9.59 Å². The number of benzene rings is 1. The smallest absolute Gasteiger partial charge is 0.306 e. The zero-order valence-electron chi connectivity index (χ0n) is 13.1. The van der Waals surface area contributed by atoms with Crippen LogP contribution in [-0.4, -0.2) is 26.9 Å². The van der Waals surface area contributed by atoms with Crippen LogP contribution in [0.3, 0.4) is 0 Å². The standard InChI is InChI=1S/C17H24O3Si/c1-20-16(18)12-13-8-7-11-15(17(13)19)21(2,3)14-9-5-4-6-10-14/h4-6,9-10,13,15H,7-8,11-12H2,1-3H3/t13-,15+/m1/s1. The first-order chi connectivity index (χ1) is 9.96. The van der Waals surface area contributed by atoms with Gasteiger partial charge in [-0.25, -0.2) is 0 Å². The van der Waals surface area contributed by atoms with Crippen molar-refractivity contribution in [2.75, 3.05) is 7.11 Å². The van der Waals surface area contributed by atoms with Gasteiger partial charge in [-0.1, -0.05) is 55.0 Å². The molecule has 0 spiro atoms. The molecule has 0 unspecified atom stereocenters. The molecule has 0 aromatic heterocycles. The van der Waals surface area contributed by atoms with Crippen molar-refractivity contribution in [1.82, 2.24) is 0 Å². The van der Waals surface area contributed by atoms with E-state index in [-0.39, 0.29) is 29.6 Å². The monoisotopic (exact) mass is 304 g/mol. The molecule has 0 amide bonds. The van der Waals surface area contributed by atoms with Crippen molar-refractivity contribution in [2.24, 2.45) is 5.92 Å². The van der Waals surface area contributed by atoms with E-state index in [0.717, 1.165) is 19.3 Å². The molecule has 0 aliphatic heterocycles. The summed E-state index contributed by atoms with van der Waals surface area (Å²) in [5.74, 6) is -0.132. The lowest BCUT2D eigenvalue weighted by Gasteiger charge is -2.37. The molecule has 4 heteroatoms. The summed E-state index contributed by atoms with van der Waals surface area (Å²) < 4.78 is 4.73. The maximum Gasteiger partial charge on any atom is 0.306 e. The summed E-state index contributed by atoms with van der Waals surface area (Å²) in [6.45, 7) is 4.54. The van der Waals surface area contributed by atoms with E-state index in [1.807, 2.05) is 18.2 Å². The highest BCUT2D eigenvalue weighted by molar-refractivity contribution is 6.93. The third kappa shape index (κ3) is 3.43. The van der Waals surface area contributed by atoms with Crippen LogP contribution in [0.15, 0.2) is 30.3 Å². The van der Waals surface area contributed by atoms with Crippen molar-refractivity contribution in [1.29, 1.82) is 0 Å². The normalized spacial score (nSPS) is 22.9. The first-order valence-electron chi connectivity index (χ1n) is 7.63. The molecule has 1 saturated carbocycles. The minimum Gasteiger partial charge on any atom is -0.469 e. The van der Waals surface area contributed by atoms with Crippen molar-refractivity contribution in [2.45, 2.75) is 44.3 Å². The van der Waals surface area contributed by atoms with Gasteiger partial charge in [-0.15, -0.1) is 0 Å². The number of Topliss-reactive ketones (excluding diaryl/α,β-unsaturated/α-hetero) is 1. The molecule has 1 aromatic carbocycles. The number of ketones is 1. The second-order valence-corrected chi connectivity index (χ2v) is 11.2. The summed E-state index contributed by atoms with van der Waals surface area (Å²) in [6, 6.07) is 10.4. The number of hydrogen-bond donors (Lipinski definition) is 0. The minimum atomic E-state index is -1.85. The van der Waals surface area contributed by atoms with Gasteiger partial charge in [0.1, 0.15) is 5.78 Å². The molecule has 1 aromatic rings. The van der Waals surface area contributed by atoms with Gasteiger partial charge >= 0.3 is 5.97 Å². The van der Waals surface area contributed by atoms with Gasteiger partial charge < -0.3 is 4.74 Å². The molecule has 0 N–H and O–H groups in total. The van der Waals surface area contributed by atoms with Gasteiger partial charge in [0.15, 0.2) is 0 Å². The number of carbonyl (C=O) groups is 2. The Kier molecular flexibility index (Phi) is 4.98. The molecule has 0 radical (unpaired) electrons.